The number of rotatable bonds is 6. The first kappa shape index (κ1) is 18.7. The van der Waals surface area contributed by atoms with E-state index in [4.69, 9.17) is 9.47 Å². The molecule has 1 atom stereocenters. The number of benzene rings is 1. The number of esters is 1. The lowest BCUT2D eigenvalue weighted by atomic mass is 9.95. The number of hydrogen-bond donors (Lipinski definition) is 1. The Bertz CT molecular complexity index is 660. The van der Waals surface area contributed by atoms with Crippen molar-refractivity contribution < 1.29 is 19.1 Å². The number of nitrogens with one attached hydrogen (secondary N) is 1. The van der Waals surface area contributed by atoms with Crippen molar-refractivity contribution in [1.29, 1.82) is 0 Å². The predicted octanol–water partition coefficient (Wildman–Crippen LogP) is 2.84. The highest BCUT2D eigenvalue weighted by molar-refractivity contribution is 14.1. The zero-order chi connectivity index (χ0) is 17.7. The number of hydrogen-bond acceptors (Lipinski definition) is 4. The minimum absolute atomic E-state index is 0.171. The first-order valence-electron chi connectivity index (χ1n) is 7.70. The maximum atomic E-state index is 12.6. The Balaban J connectivity index is 2.44. The number of allylic oxidation sites excluding steroid dienone is 1. The number of methoxy groups -OCH3 is 1. The molecule has 0 bridgehead atoms. The van der Waals surface area contributed by atoms with Crippen LogP contribution in [0.25, 0.3) is 0 Å². The van der Waals surface area contributed by atoms with Gasteiger partial charge in [0.1, 0.15) is 6.61 Å². The van der Waals surface area contributed by atoms with Crippen molar-refractivity contribution in [2.45, 2.75) is 19.9 Å². The van der Waals surface area contributed by atoms with Crippen molar-refractivity contribution in [3.05, 3.63) is 44.7 Å². The Morgan fingerprint density at radius 1 is 1.33 bits per heavy atom. The van der Waals surface area contributed by atoms with Crippen molar-refractivity contribution in [3.63, 3.8) is 0 Å². The number of urea groups is 1. The fourth-order valence-electron chi connectivity index (χ4n) is 2.66. The maximum absolute atomic E-state index is 12.6. The van der Waals surface area contributed by atoms with Crippen LogP contribution in [-0.4, -0.2) is 43.8 Å². The highest BCUT2D eigenvalue weighted by Crippen LogP contribution is 2.33. The SMILES string of the molecule is CCN1C(=O)N[C@@H](c2ccccc2I)C(C(=O)OCCOC)=C1C. The molecule has 1 N–H and O–H groups in total. The molecule has 0 unspecified atom stereocenters. The van der Waals surface area contributed by atoms with Crippen LogP contribution in [0.3, 0.4) is 0 Å². The molecule has 0 saturated heterocycles. The van der Waals surface area contributed by atoms with E-state index in [1.165, 1.54) is 0 Å². The van der Waals surface area contributed by atoms with Crippen LogP contribution in [0.4, 0.5) is 4.79 Å². The zero-order valence-electron chi connectivity index (χ0n) is 14.0. The summed E-state index contributed by atoms with van der Waals surface area (Å²) in [6, 6.07) is 6.92. The van der Waals surface area contributed by atoms with Gasteiger partial charge < -0.3 is 14.8 Å². The lowest BCUT2D eigenvalue weighted by Gasteiger charge is -2.35. The minimum Gasteiger partial charge on any atom is -0.460 e. The molecule has 1 aromatic carbocycles. The molecule has 6 nitrogen and oxygen atoms in total. The molecule has 1 aliphatic heterocycles. The van der Waals surface area contributed by atoms with Gasteiger partial charge in [0.25, 0.3) is 0 Å². The Morgan fingerprint density at radius 3 is 2.67 bits per heavy atom. The average Bonchev–Trinajstić information content (AvgIpc) is 2.55. The fourth-order valence-corrected chi connectivity index (χ4v) is 3.36. The fraction of sp³-hybridized carbons (Fsp3) is 0.412. The van der Waals surface area contributed by atoms with Gasteiger partial charge in [-0.05, 0) is 48.1 Å². The van der Waals surface area contributed by atoms with Gasteiger partial charge >= 0.3 is 12.0 Å². The number of halogens is 1. The van der Waals surface area contributed by atoms with E-state index in [0.717, 1.165) is 9.13 Å². The monoisotopic (exact) mass is 444 g/mol. The summed E-state index contributed by atoms with van der Waals surface area (Å²) in [5, 5.41) is 2.92. The van der Waals surface area contributed by atoms with Crippen molar-refractivity contribution in [3.8, 4) is 0 Å². The van der Waals surface area contributed by atoms with Gasteiger partial charge in [-0.1, -0.05) is 18.2 Å². The van der Waals surface area contributed by atoms with E-state index in [1.54, 1.807) is 18.9 Å². The summed E-state index contributed by atoms with van der Waals surface area (Å²) in [7, 11) is 1.55. The molecule has 1 aromatic rings. The Labute approximate surface area is 155 Å². The van der Waals surface area contributed by atoms with E-state index >= 15 is 0 Å². The molecule has 1 heterocycles. The van der Waals surface area contributed by atoms with Gasteiger partial charge in [-0.15, -0.1) is 0 Å². The number of carbonyl (C=O) groups excluding carboxylic acids is 2. The van der Waals surface area contributed by atoms with Gasteiger partial charge in [0.05, 0.1) is 18.2 Å². The smallest absolute Gasteiger partial charge is 0.338 e. The molecule has 0 fully saturated rings. The molecule has 0 spiro atoms. The van der Waals surface area contributed by atoms with Crippen LogP contribution in [0.2, 0.25) is 0 Å². The number of ether oxygens (including phenoxy) is 2. The van der Waals surface area contributed by atoms with E-state index in [-0.39, 0.29) is 12.6 Å². The van der Waals surface area contributed by atoms with Crippen molar-refractivity contribution in [2.75, 3.05) is 26.9 Å². The van der Waals surface area contributed by atoms with Crippen LogP contribution in [0.1, 0.15) is 25.5 Å². The quantitative estimate of drug-likeness (QED) is 0.417. The first-order valence-corrected chi connectivity index (χ1v) is 8.78. The summed E-state index contributed by atoms with van der Waals surface area (Å²) < 4.78 is 11.2. The second kappa shape index (κ2) is 8.48. The van der Waals surface area contributed by atoms with Crippen LogP contribution in [0.5, 0.6) is 0 Å². The Morgan fingerprint density at radius 2 is 2.04 bits per heavy atom. The molecule has 1 aliphatic rings. The second-order valence-corrected chi connectivity index (χ2v) is 6.44. The Hall–Kier alpha value is -1.61. The Kier molecular flexibility index (Phi) is 6.61. The molecular weight excluding hydrogens is 423 g/mol. The zero-order valence-corrected chi connectivity index (χ0v) is 16.1. The molecular formula is C17H21IN2O4. The molecule has 2 rings (SSSR count). The van der Waals surface area contributed by atoms with Crippen LogP contribution >= 0.6 is 22.6 Å². The van der Waals surface area contributed by atoms with Gasteiger partial charge in [0.15, 0.2) is 0 Å². The lowest BCUT2D eigenvalue weighted by molar-refractivity contribution is -0.140. The van der Waals surface area contributed by atoms with Gasteiger partial charge in [-0.3, -0.25) is 4.90 Å². The number of amides is 2. The van der Waals surface area contributed by atoms with Gasteiger partial charge in [0.2, 0.25) is 0 Å². The van der Waals surface area contributed by atoms with E-state index in [0.29, 0.717) is 24.4 Å². The maximum Gasteiger partial charge on any atom is 0.338 e. The number of nitrogens with zero attached hydrogens (tertiary/aromatic N) is 1. The van der Waals surface area contributed by atoms with Crippen LogP contribution < -0.4 is 5.32 Å². The average molecular weight is 444 g/mol. The number of carbonyl (C=O) groups is 2. The minimum atomic E-state index is -0.525. The normalized spacial score (nSPS) is 17.8. The third kappa shape index (κ3) is 3.89. The molecule has 2 amide bonds. The lowest BCUT2D eigenvalue weighted by Crippen LogP contribution is -2.48. The third-order valence-corrected chi connectivity index (χ3v) is 4.85. The summed E-state index contributed by atoms with van der Waals surface area (Å²) in [5.41, 5.74) is 1.95. The van der Waals surface area contributed by atoms with Crippen LogP contribution in [0, 0.1) is 3.57 Å². The molecule has 130 valence electrons. The molecule has 0 aliphatic carbocycles. The summed E-state index contributed by atoms with van der Waals surface area (Å²) in [5.74, 6) is -0.437. The van der Waals surface area contributed by atoms with E-state index in [2.05, 4.69) is 27.9 Å². The topological polar surface area (TPSA) is 67.9 Å². The standard InChI is InChI=1S/C17H21IN2O4/c1-4-20-11(2)14(16(21)24-10-9-23-3)15(19-17(20)22)12-7-5-6-8-13(12)18/h5-8,15H,4,9-10H2,1-3H3,(H,19,22)/t15-/m0/s1. The summed E-state index contributed by atoms with van der Waals surface area (Å²) in [4.78, 5) is 26.5. The van der Waals surface area contributed by atoms with Crippen molar-refractivity contribution in [1.82, 2.24) is 10.2 Å². The van der Waals surface area contributed by atoms with E-state index < -0.39 is 12.0 Å². The summed E-state index contributed by atoms with van der Waals surface area (Å²) in [6.07, 6.45) is 0. The molecule has 0 aromatic heterocycles. The largest absolute Gasteiger partial charge is 0.460 e. The molecule has 24 heavy (non-hydrogen) atoms. The first-order chi connectivity index (χ1) is 11.5. The second-order valence-electron chi connectivity index (χ2n) is 5.28. The van der Waals surface area contributed by atoms with E-state index in [9.17, 15) is 9.59 Å². The van der Waals surface area contributed by atoms with Crippen LogP contribution in [-0.2, 0) is 14.3 Å². The van der Waals surface area contributed by atoms with Crippen LogP contribution in [0.15, 0.2) is 35.5 Å². The van der Waals surface area contributed by atoms with E-state index in [1.807, 2.05) is 31.2 Å². The molecule has 7 heteroatoms. The third-order valence-electron chi connectivity index (χ3n) is 3.87. The van der Waals surface area contributed by atoms with Gasteiger partial charge in [-0.25, -0.2) is 9.59 Å². The summed E-state index contributed by atoms with van der Waals surface area (Å²) in [6.45, 7) is 4.62. The molecule has 0 saturated carbocycles. The highest BCUT2D eigenvalue weighted by atomic mass is 127. The van der Waals surface area contributed by atoms with Crippen molar-refractivity contribution >= 4 is 34.6 Å². The molecule has 0 radical (unpaired) electrons. The summed E-state index contributed by atoms with van der Waals surface area (Å²) >= 11 is 2.20. The predicted molar refractivity (Wildman–Crippen MR) is 98.3 cm³/mol. The van der Waals surface area contributed by atoms with Gasteiger partial charge in [0, 0.05) is 22.9 Å². The van der Waals surface area contributed by atoms with Crippen molar-refractivity contribution in [2.24, 2.45) is 0 Å². The van der Waals surface area contributed by atoms with Gasteiger partial charge in [-0.2, -0.15) is 0 Å². The highest BCUT2D eigenvalue weighted by Gasteiger charge is 2.36.